The first-order chi connectivity index (χ1) is 26.9. The van der Waals surface area contributed by atoms with E-state index in [1.54, 1.807) is 37.3 Å². The summed E-state index contributed by atoms with van der Waals surface area (Å²) in [4.78, 5) is 111. The van der Waals surface area contributed by atoms with Crippen LogP contribution in [0.5, 0.6) is 0 Å². The lowest BCUT2D eigenvalue weighted by Gasteiger charge is -2.26. The second-order valence-corrected chi connectivity index (χ2v) is 14.9. The Bertz CT molecular complexity index is 1580. The van der Waals surface area contributed by atoms with E-state index in [9.17, 15) is 48.6 Å². The van der Waals surface area contributed by atoms with Crippen molar-refractivity contribution in [1.29, 1.82) is 0 Å². The number of Topliss-reactive ketones (excluding diaryl/α,β-unsaturated/α-hetero) is 4. The third-order valence-corrected chi connectivity index (χ3v) is 10.00. The predicted octanol–water partition coefficient (Wildman–Crippen LogP) is -0.0859. The van der Waals surface area contributed by atoms with Crippen LogP contribution in [0.3, 0.4) is 0 Å². The van der Waals surface area contributed by atoms with Gasteiger partial charge in [-0.05, 0) is 58.4 Å². The van der Waals surface area contributed by atoms with Gasteiger partial charge in [-0.1, -0.05) is 43.7 Å². The molecule has 57 heavy (non-hydrogen) atoms. The Kier molecular flexibility index (Phi) is 20.7. The van der Waals surface area contributed by atoms with Crippen molar-refractivity contribution < 1.29 is 48.6 Å². The molecule has 1 fully saturated rings. The molecule has 10 N–H and O–H groups in total. The molecule has 2 rings (SSSR count). The Morgan fingerprint density at radius 2 is 1.60 bits per heavy atom. The zero-order valence-electron chi connectivity index (χ0n) is 33.5. The number of hydrogen-bond donors (Lipinski definition) is 8. The monoisotopic (exact) mass is 799 g/mol. The molecule has 17 nitrogen and oxygen atoms in total. The molecule has 8 atom stereocenters. The number of hydrogen-bond acceptors (Lipinski definition) is 11. The van der Waals surface area contributed by atoms with Gasteiger partial charge in [-0.25, -0.2) is 0 Å². The molecule has 0 aliphatic carbocycles. The number of aliphatic hydroxyl groups is 2. The number of aliphatic hydroxyl groups excluding tert-OH is 2. The summed E-state index contributed by atoms with van der Waals surface area (Å²) in [5.41, 5.74) is 11.6. The lowest BCUT2D eigenvalue weighted by Crippen LogP contribution is -2.57. The lowest BCUT2D eigenvalue weighted by molar-refractivity contribution is -0.136. The van der Waals surface area contributed by atoms with Gasteiger partial charge < -0.3 is 42.9 Å². The van der Waals surface area contributed by atoms with Crippen LogP contribution in [-0.2, 0) is 44.8 Å². The zero-order chi connectivity index (χ0) is 42.7. The first kappa shape index (κ1) is 48.1. The van der Waals surface area contributed by atoms with Gasteiger partial charge in [0.05, 0.1) is 24.7 Å². The van der Waals surface area contributed by atoms with Crippen molar-refractivity contribution in [2.45, 2.75) is 129 Å². The highest BCUT2D eigenvalue weighted by atomic mass is 16.3. The molecule has 1 aromatic rings. The van der Waals surface area contributed by atoms with Crippen LogP contribution in [0.4, 0.5) is 0 Å². The Balaban J connectivity index is 2.60. The quantitative estimate of drug-likeness (QED) is 0.0657. The topological polar surface area (TPSA) is 290 Å². The van der Waals surface area contributed by atoms with Crippen molar-refractivity contribution >= 4 is 52.7 Å². The van der Waals surface area contributed by atoms with Crippen LogP contribution < -0.4 is 32.7 Å². The minimum Gasteiger partial charge on any atom is -0.393 e. The molecule has 1 aromatic carbocycles. The van der Waals surface area contributed by atoms with Gasteiger partial charge in [0, 0.05) is 50.5 Å². The summed E-state index contributed by atoms with van der Waals surface area (Å²) in [7, 11) is 0. The first-order valence-electron chi connectivity index (χ1n) is 19.6. The Hall–Kier alpha value is -5.03. The van der Waals surface area contributed by atoms with Crippen LogP contribution in [0.25, 0.3) is 0 Å². The molecule has 1 saturated heterocycles. The fourth-order valence-corrected chi connectivity index (χ4v) is 6.70. The van der Waals surface area contributed by atoms with Gasteiger partial charge in [0.1, 0.15) is 35.5 Å². The molecule has 0 radical (unpaired) electrons. The number of nitrogens with one attached hydrogen (secondary N) is 4. The normalized spacial score (nSPS) is 23.5. The molecule has 0 aromatic heterocycles. The highest BCUT2D eigenvalue weighted by Crippen LogP contribution is 2.25. The number of carbonyl (C=O) groups excluding carboxylic acids is 8. The van der Waals surface area contributed by atoms with Gasteiger partial charge >= 0.3 is 0 Å². The zero-order valence-corrected chi connectivity index (χ0v) is 33.5. The first-order valence-corrected chi connectivity index (χ1v) is 19.6. The molecule has 0 saturated carbocycles. The lowest BCUT2D eigenvalue weighted by atomic mass is 9.81. The minimum atomic E-state index is -1.31. The standard InChI is InChI=1S/C40H61N7O10/c1-5-11-36(54)45-31-15-9-14-27(34(52)21-29(23(2)48)24(3)49)19-35(53)30(25(4)50)20-28(51)22-44-37(55)33(18-26-12-7-6-8-13-26)47-39(57)32(46-38(31)56)16-10-17-43-40(41)42/h6-8,12-13,23,25,27,29-33,48,50H,5,9-11,14-22H2,1-4H3,(H,44,55)(H,45,54)(H,46,56)(H,47,57)(H4,41,42,43). The van der Waals surface area contributed by atoms with Crippen LogP contribution in [0.15, 0.2) is 35.3 Å². The largest absolute Gasteiger partial charge is 0.393 e. The number of carbonyl (C=O) groups is 8. The van der Waals surface area contributed by atoms with E-state index in [4.69, 9.17) is 11.5 Å². The highest BCUT2D eigenvalue weighted by molar-refractivity contribution is 5.97. The van der Waals surface area contributed by atoms with E-state index >= 15 is 0 Å². The van der Waals surface area contributed by atoms with Gasteiger partial charge in [0.25, 0.3) is 0 Å². The minimum absolute atomic E-state index is 0.0146. The fourth-order valence-electron chi connectivity index (χ4n) is 6.70. The fraction of sp³-hybridized carbons (Fsp3) is 0.625. The molecule has 1 aliphatic heterocycles. The van der Waals surface area contributed by atoms with Crippen LogP contribution in [0.2, 0.25) is 0 Å². The van der Waals surface area contributed by atoms with E-state index < -0.39 is 114 Å². The average Bonchev–Trinajstić information content (AvgIpc) is 3.14. The molecular weight excluding hydrogens is 738 g/mol. The summed E-state index contributed by atoms with van der Waals surface area (Å²) in [5, 5.41) is 31.4. The maximum Gasteiger partial charge on any atom is 0.243 e. The number of amides is 4. The summed E-state index contributed by atoms with van der Waals surface area (Å²) in [5.74, 6) is -8.18. The number of rotatable bonds is 15. The van der Waals surface area contributed by atoms with Crippen molar-refractivity contribution in [1.82, 2.24) is 21.3 Å². The van der Waals surface area contributed by atoms with E-state index in [-0.39, 0.29) is 63.9 Å². The van der Waals surface area contributed by atoms with Crippen molar-refractivity contribution in [2.24, 2.45) is 34.2 Å². The van der Waals surface area contributed by atoms with Gasteiger partial charge in [-0.3, -0.25) is 43.3 Å². The average molecular weight is 800 g/mol. The molecule has 0 bridgehead atoms. The second-order valence-electron chi connectivity index (χ2n) is 14.9. The molecule has 1 aliphatic rings. The van der Waals surface area contributed by atoms with E-state index in [0.717, 1.165) is 0 Å². The summed E-state index contributed by atoms with van der Waals surface area (Å²) < 4.78 is 0. The molecular formula is C40H61N7O10. The number of ketones is 4. The van der Waals surface area contributed by atoms with Gasteiger partial charge in [-0.15, -0.1) is 0 Å². The van der Waals surface area contributed by atoms with Crippen LogP contribution in [0.1, 0.15) is 97.5 Å². The molecule has 8 unspecified atom stereocenters. The van der Waals surface area contributed by atoms with E-state index in [1.807, 2.05) is 0 Å². The highest BCUT2D eigenvalue weighted by Gasteiger charge is 2.35. The van der Waals surface area contributed by atoms with E-state index in [0.29, 0.717) is 12.0 Å². The van der Waals surface area contributed by atoms with Crippen molar-refractivity contribution in [3.05, 3.63) is 35.9 Å². The molecule has 1 heterocycles. The molecule has 0 spiro atoms. The summed E-state index contributed by atoms with van der Waals surface area (Å²) in [6, 6.07) is 5.16. The molecule has 17 heteroatoms. The van der Waals surface area contributed by atoms with E-state index in [2.05, 4.69) is 26.3 Å². The number of benzene rings is 1. The van der Waals surface area contributed by atoms with Crippen LogP contribution >= 0.6 is 0 Å². The number of nitrogens with two attached hydrogens (primary N) is 2. The number of aliphatic imine (C=N–C) groups is 1. The van der Waals surface area contributed by atoms with E-state index in [1.165, 1.54) is 20.8 Å². The second kappa shape index (κ2) is 24.6. The maximum atomic E-state index is 13.9. The van der Waals surface area contributed by atoms with Crippen LogP contribution in [-0.4, -0.2) is 106 Å². The predicted molar refractivity (Wildman–Crippen MR) is 211 cm³/mol. The van der Waals surface area contributed by atoms with Gasteiger partial charge in [-0.2, -0.15) is 0 Å². The Morgan fingerprint density at radius 3 is 2.19 bits per heavy atom. The third kappa shape index (κ3) is 17.3. The van der Waals surface area contributed by atoms with Crippen LogP contribution in [0, 0.1) is 17.8 Å². The third-order valence-electron chi connectivity index (χ3n) is 10.00. The molecule has 4 amide bonds. The summed E-state index contributed by atoms with van der Waals surface area (Å²) in [6.45, 7) is 5.33. The van der Waals surface area contributed by atoms with Crippen molar-refractivity contribution in [3.8, 4) is 0 Å². The van der Waals surface area contributed by atoms with Crippen molar-refractivity contribution in [3.63, 3.8) is 0 Å². The van der Waals surface area contributed by atoms with Crippen molar-refractivity contribution in [2.75, 3.05) is 13.1 Å². The Labute approximate surface area is 333 Å². The number of guanidine groups is 1. The van der Waals surface area contributed by atoms with Gasteiger partial charge in [0.2, 0.25) is 23.6 Å². The SMILES string of the molecule is CCCC(=O)NC1CCCC(C(=O)CC(C(C)=O)C(C)O)CC(=O)C(C(C)O)CC(=O)CNC(=O)C(Cc2ccccc2)NC(=O)C(CCCN=C(N)N)NC1=O. The maximum absolute atomic E-state index is 13.9. The Morgan fingerprint density at radius 1 is 0.930 bits per heavy atom. The molecule has 316 valence electrons. The summed E-state index contributed by atoms with van der Waals surface area (Å²) in [6.07, 6.45) is -2.72. The smallest absolute Gasteiger partial charge is 0.243 e. The van der Waals surface area contributed by atoms with Gasteiger partial charge in [0.15, 0.2) is 11.7 Å². The summed E-state index contributed by atoms with van der Waals surface area (Å²) >= 11 is 0. The number of nitrogens with zero attached hydrogens (tertiary/aromatic N) is 1.